The van der Waals surface area contributed by atoms with Crippen molar-refractivity contribution in [2.75, 3.05) is 6.54 Å². The lowest BCUT2D eigenvalue weighted by Gasteiger charge is -2.14. The van der Waals surface area contributed by atoms with Crippen LogP contribution in [-0.2, 0) is 13.1 Å². The lowest BCUT2D eigenvalue weighted by atomic mass is 10.2. The molecule has 0 bridgehead atoms. The van der Waals surface area contributed by atoms with Gasteiger partial charge in [0, 0.05) is 6.54 Å². The Bertz CT molecular complexity index is 663. The predicted octanol–water partition coefficient (Wildman–Crippen LogP) is 3.87. The molecule has 0 aliphatic carbocycles. The van der Waals surface area contributed by atoms with Gasteiger partial charge in [-0.1, -0.05) is 51.7 Å². The van der Waals surface area contributed by atoms with Crippen LogP contribution in [0.1, 0.15) is 58.2 Å². The van der Waals surface area contributed by atoms with Crippen molar-refractivity contribution in [1.82, 2.24) is 14.9 Å². The first kappa shape index (κ1) is 17.7. The molecule has 1 aromatic heterocycles. The van der Waals surface area contributed by atoms with Crippen molar-refractivity contribution in [3.8, 4) is 0 Å². The van der Waals surface area contributed by atoms with E-state index < -0.39 is 0 Å². The number of unbranched alkanes of at least 4 members (excludes halogenated alkanes) is 4. The van der Waals surface area contributed by atoms with Crippen LogP contribution in [-0.4, -0.2) is 16.1 Å². The fraction of sp³-hybridized carbons (Fsp3) is 0.579. The number of nitrogens with one attached hydrogen (secondary N) is 1. The van der Waals surface area contributed by atoms with Crippen LogP contribution in [0.2, 0.25) is 0 Å². The predicted molar refractivity (Wildman–Crippen MR) is 96.8 cm³/mol. The molecule has 1 heterocycles. The van der Waals surface area contributed by atoms with Crippen LogP contribution in [0.15, 0.2) is 29.1 Å². The summed E-state index contributed by atoms with van der Waals surface area (Å²) in [5.74, 6) is 0.862. The molecule has 0 aliphatic heterocycles. The molecule has 1 N–H and O–H groups in total. The van der Waals surface area contributed by atoms with Gasteiger partial charge in [0.05, 0.1) is 17.4 Å². The highest BCUT2D eigenvalue weighted by atomic mass is 16.1. The highest BCUT2D eigenvalue weighted by molar-refractivity contribution is 5.77. The molecule has 0 atom stereocenters. The summed E-state index contributed by atoms with van der Waals surface area (Å²) in [7, 11) is 0. The molecule has 4 nitrogen and oxygen atoms in total. The van der Waals surface area contributed by atoms with E-state index in [1.165, 1.54) is 19.3 Å². The second kappa shape index (κ2) is 9.46. The monoisotopic (exact) mass is 315 g/mol. The van der Waals surface area contributed by atoms with Gasteiger partial charge >= 0.3 is 0 Å². The minimum absolute atomic E-state index is 0.0945. The quantitative estimate of drug-likeness (QED) is 0.677. The van der Waals surface area contributed by atoms with E-state index in [1.54, 1.807) is 0 Å². The van der Waals surface area contributed by atoms with Gasteiger partial charge in [-0.25, -0.2) is 4.98 Å². The molecular formula is C19H29N3O. The summed E-state index contributed by atoms with van der Waals surface area (Å²) >= 11 is 0. The standard InChI is InChI=1S/C19H29N3O/c1-3-5-9-13-20-15-18-21-17-12-8-7-11-16(17)19(23)22(18)14-10-6-4-2/h7-8,11-12,20H,3-6,9-10,13-15H2,1-2H3. The van der Waals surface area contributed by atoms with Crippen molar-refractivity contribution in [3.63, 3.8) is 0 Å². The van der Waals surface area contributed by atoms with Crippen LogP contribution in [0.5, 0.6) is 0 Å². The maximum Gasteiger partial charge on any atom is 0.261 e. The third kappa shape index (κ3) is 4.90. The van der Waals surface area contributed by atoms with Crippen molar-refractivity contribution in [2.45, 2.75) is 65.5 Å². The Morgan fingerprint density at radius 3 is 2.57 bits per heavy atom. The summed E-state index contributed by atoms with van der Waals surface area (Å²) in [4.78, 5) is 17.5. The van der Waals surface area contributed by atoms with Crippen molar-refractivity contribution >= 4 is 10.9 Å². The van der Waals surface area contributed by atoms with E-state index >= 15 is 0 Å². The third-order valence-electron chi connectivity index (χ3n) is 4.17. The molecule has 0 fully saturated rings. The number of rotatable bonds is 10. The maximum atomic E-state index is 12.8. The molecule has 0 spiro atoms. The van der Waals surface area contributed by atoms with E-state index in [0.717, 1.165) is 49.1 Å². The Kier molecular flexibility index (Phi) is 7.27. The van der Waals surface area contributed by atoms with E-state index in [4.69, 9.17) is 4.98 Å². The molecule has 0 saturated heterocycles. The zero-order chi connectivity index (χ0) is 16.5. The molecule has 0 aliphatic rings. The van der Waals surface area contributed by atoms with Gasteiger partial charge in [-0.15, -0.1) is 0 Å². The van der Waals surface area contributed by atoms with Gasteiger partial charge in [-0.2, -0.15) is 0 Å². The number of benzene rings is 1. The summed E-state index contributed by atoms with van der Waals surface area (Å²) < 4.78 is 1.87. The SMILES string of the molecule is CCCCCNCc1nc2ccccc2c(=O)n1CCCCC. The number of fused-ring (bicyclic) bond motifs is 1. The van der Waals surface area contributed by atoms with Crippen LogP contribution in [0.25, 0.3) is 10.9 Å². The molecule has 2 rings (SSSR count). The largest absolute Gasteiger partial charge is 0.310 e. The first-order chi connectivity index (χ1) is 11.3. The molecule has 126 valence electrons. The van der Waals surface area contributed by atoms with Gasteiger partial charge in [0.2, 0.25) is 0 Å². The molecular weight excluding hydrogens is 286 g/mol. The van der Waals surface area contributed by atoms with Gasteiger partial charge < -0.3 is 5.32 Å². The fourth-order valence-corrected chi connectivity index (χ4v) is 2.80. The normalized spacial score (nSPS) is 11.2. The smallest absolute Gasteiger partial charge is 0.261 e. The number of hydrogen-bond acceptors (Lipinski definition) is 3. The van der Waals surface area contributed by atoms with Gasteiger partial charge in [0.1, 0.15) is 5.82 Å². The van der Waals surface area contributed by atoms with Crippen molar-refractivity contribution in [2.24, 2.45) is 0 Å². The molecule has 4 heteroatoms. The van der Waals surface area contributed by atoms with Gasteiger partial charge in [-0.05, 0) is 31.5 Å². The molecule has 0 saturated carbocycles. The van der Waals surface area contributed by atoms with Crippen LogP contribution in [0.3, 0.4) is 0 Å². The van der Waals surface area contributed by atoms with Crippen LogP contribution in [0.4, 0.5) is 0 Å². The van der Waals surface area contributed by atoms with Crippen molar-refractivity contribution in [1.29, 1.82) is 0 Å². The molecule has 0 amide bonds. The minimum Gasteiger partial charge on any atom is -0.310 e. The van der Waals surface area contributed by atoms with E-state index in [1.807, 2.05) is 28.8 Å². The topological polar surface area (TPSA) is 46.9 Å². The van der Waals surface area contributed by atoms with Gasteiger partial charge in [0.25, 0.3) is 5.56 Å². The Hall–Kier alpha value is -1.68. The Morgan fingerprint density at radius 1 is 1.04 bits per heavy atom. The average molecular weight is 315 g/mol. The number of aromatic nitrogens is 2. The van der Waals surface area contributed by atoms with E-state index in [-0.39, 0.29) is 5.56 Å². The Labute approximate surface area is 138 Å². The summed E-state index contributed by atoms with van der Waals surface area (Å²) in [6, 6.07) is 7.65. The molecule has 2 aromatic rings. The zero-order valence-corrected chi connectivity index (χ0v) is 14.5. The first-order valence-electron chi connectivity index (χ1n) is 8.97. The average Bonchev–Trinajstić information content (AvgIpc) is 2.57. The number of hydrogen-bond donors (Lipinski definition) is 1. The highest BCUT2D eigenvalue weighted by Crippen LogP contribution is 2.09. The zero-order valence-electron chi connectivity index (χ0n) is 14.5. The molecule has 0 radical (unpaired) electrons. The van der Waals surface area contributed by atoms with E-state index in [2.05, 4.69) is 19.2 Å². The molecule has 0 unspecified atom stereocenters. The lowest BCUT2D eigenvalue weighted by Crippen LogP contribution is -2.29. The van der Waals surface area contributed by atoms with E-state index in [0.29, 0.717) is 6.54 Å². The number of para-hydroxylation sites is 1. The Morgan fingerprint density at radius 2 is 1.78 bits per heavy atom. The molecule has 23 heavy (non-hydrogen) atoms. The maximum absolute atomic E-state index is 12.8. The summed E-state index contributed by atoms with van der Waals surface area (Å²) in [5.41, 5.74) is 0.895. The van der Waals surface area contributed by atoms with Crippen LogP contribution >= 0.6 is 0 Å². The lowest BCUT2D eigenvalue weighted by molar-refractivity contribution is 0.529. The Balaban J connectivity index is 2.20. The first-order valence-corrected chi connectivity index (χ1v) is 8.97. The highest BCUT2D eigenvalue weighted by Gasteiger charge is 2.10. The van der Waals surface area contributed by atoms with Crippen LogP contribution in [0, 0.1) is 0 Å². The fourth-order valence-electron chi connectivity index (χ4n) is 2.80. The van der Waals surface area contributed by atoms with Gasteiger partial charge in [-0.3, -0.25) is 9.36 Å². The summed E-state index contributed by atoms with van der Waals surface area (Å²) in [6.45, 7) is 6.78. The van der Waals surface area contributed by atoms with Gasteiger partial charge in [0.15, 0.2) is 0 Å². The molecule has 1 aromatic carbocycles. The van der Waals surface area contributed by atoms with Crippen LogP contribution < -0.4 is 10.9 Å². The second-order valence-electron chi connectivity index (χ2n) is 6.09. The summed E-state index contributed by atoms with van der Waals surface area (Å²) in [5, 5.41) is 4.16. The minimum atomic E-state index is 0.0945. The second-order valence-corrected chi connectivity index (χ2v) is 6.09. The third-order valence-corrected chi connectivity index (χ3v) is 4.17. The van der Waals surface area contributed by atoms with Crippen molar-refractivity contribution in [3.05, 3.63) is 40.4 Å². The summed E-state index contributed by atoms with van der Waals surface area (Å²) in [6.07, 6.45) is 6.95. The van der Waals surface area contributed by atoms with E-state index in [9.17, 15) is 4.79 Å². The van der Waals surface area contributed by atoms with Crippen molar-refractivity contribution < 1.29 is 0 Å². The number of nitrogens with zero attached hydrogens (tertiary/aromatic N) is 2.